The number of methoxy groups -OCH3 is 1. The van der Waals surface area contributed by atoms with E-state index in [2.05, 4.69) is 12.2 Å². The molecule has 26 heavy (non-hydrogen) atoms. The first-order chi connectivity index (χ1) is 12.5. The van der Waals surface area contributed by atoms with E-state index in [1.54, 1.807) is 12.1 Å². The van der Waals surface area contributed by atoms with Gasteiger partial charge in [-0.15, -0.1) is 0 Å². The Bertz CT molecular complexity index is 703. The maximum Gasteiger partial charge on any atom is 0.337 e. The summed E-state index contributed by atoms with van der Waals surface area (Å²) in [4.78, 5) is 11.5. The van der Waals surface area contributed by atoms with Crippen LogP contribution in [-0.2, 0) is 15.9 Å². The van der Waals surface area contributed by atoms with Gasteiger partial charge in [-0.25, -0.2) is 4.79 Å². The Labute approximate surface area is 160 Å². The van der Waals surface area contributed by atoms with E-state index in [1.165, 1.54) is 7.11 Å². The summed E-state index contributed by atoms with van der Waals surface area (Å²) in [7, 11) is 1.39. The molecule has 2 aromatic rings. The number of benzene rings is 2. The average molecular weight is 376 g/mol. The normalized spacial score (nSPS) is 13.2. The standard InChI is InChI=1S/C21H26ClNO3/c1-4-26-20(18-6-5-7-19(22)13-18)14-23-15(2)12-16-8-10-17(11-9-16)21(24)25-3/h5-11,13,15,20,23H,4,12,14H2,1-3H3. The summed E-state index contributed by atoms with van der Waals surface area (Å²) >= 11 is 6.10. The van der Waals surface area contributed by atoms with E-state index >= 15 is 0 Å². The molecule has 2 rings (SSSR count). The fourth-order valence-corrected chi connectivity index (χ4v) is 3.01. The maximum atomic E-state index is 11.5. The molecule has 0 radical (unpaired) electrons. The van der Waals surface area contributed by atoms with Crippen LogP contribution in [0.4, 0.5) is 0 Å². The first-order valence-corrected chi connectivity index (χ1v) is 9.19. The number of hydrogen-bond acceptors (Lipinski definition) is 4. The Kier molecular flexibility index (Phi) is 8.10. The van der Waals surface area contributed by atoms with Crippen LogP contribution in [0.5, 0.6) is 0 Å². The highest BCUT2D eigenvalue weighted by molar-refractivity contribution is 6.30. The number of halogens is 1. The van der Waals surface area contributed by atoms with Crippen molar-refractivity contribution in [2.75, 3.05) is 20.3 Å². The lowest BCUT2D eigenvalue weighted by Gasteiger charge is -2.21. The molecule has 0 spiro atoms. The van der Waals surface area contributed by atoms with E-state index < -0.39 is 0 Å². The molecule has 2 aromatic carbocycles. The molecule has 0 aliphatic rings. The Morgan fingerprint density at radius 1 is 1.19 bits per heavy atom. The Morgan fingerprint density at radius 3 is 2.54 bits per heavy atom. The fraction of sp³-hybridized carbons (Fsp3) is 0.381. The highest BCUT2D eigenvalue weighted by atomic mass is 35.5. The molecule has 0 bridgehead atoms. The minimum absolute atomic E-state index is 0.0390. The third-order valence-corrected chi connectivity index (χ3v) is 4.39. The van der Waals surface area contributed by atoms with Gasteiger partial charge in [-0.2, -0.15) is 0 Å². The summed E-state index contributed by atoms with van der Waals surface area (Å²) in [6.45, 7) is 5.47. The summed E-state index contributed by atoms with van der Waals surface area (Å²) in [5.41, 5.74) is 2.80. The largest absolute Gasteiger partial charge is 0.465 e. The maximum absolute atomic E-state index is 11.5. The number of hydrogen-bond donors (Lipinski definition) is 1. The molecule has 0 aliphatic carbocycles. The number of rotatable bonds is 9. The fourth-order valence-electron chi connectivity index (χ4n) is 2.81. The number of carbonyl (C=O) groups excluding carboxylic acids is 1. The van der Waals surface area contributed by atoms with Gasteiger partial charge in [0.1, 0.15) is 0 Å². The van der Waals surface area contributed by atoms with Gasteiger partial charge in [-0.05, 0) is 55.7 Å². The summed E-state index contributed by atoms with van der Waals surface area (Å²) in [5, 5.41) is 4.24. The van der Waals surface area contributed by atoms with Gasteiger partial charge in [0.15, 0.2) is 0 Å². The van der Waals surface area contributed by atoms with Crippen molar-refractivity contribution in [1.29, 1.82) is 0 Å². The van der Waals surface area contributed by atoms with E-state index in [9.17, 15) is 4.79 Å². The Hall–Kier alpha value is -1.88. The topological polar surface area (TPSA) is 47.6 Å². The molecule has 5 heteroatoms. The predicted molar refractivity (Wildman–Crippen MR) is 105 cm³/mol. The van der Waals surface area contributed by atoms with Crippen molar-refractivity contribution in [3.8, 4) is 0 Å². The number of nitrogens with one attached hydrogen (secondary N) is 1. The monoisotopic (exact) mass is 375 g/mol. The second-order valence-corrected chi connectivity index (χ2v) is 6.64. The number of esters is 1. The van der Waals surface area contributed by atoms with E-state index in [0.717, 1.165) is 17.5 Å². The molecule has 0 saturated heterocycles. The Balaban J connectivity index is 1.91. The van der Waals surface area contributed by atoms with Gasteiger partial charge in [0.2, 0.25) is 0 Å². The minimum Gasteiger partial charge on any atom is -0.465 e. The van der Waals surface area contributed by atoms with Gasteiger partial charge in [-0.1, -0.05) is 35.9 Å². The van der Waals surface area contributed by atoms with Crippen LogP contribution in [0, 0.1) is 0 Å². The molecule has 1 N–H and O–H groups in total. The lowest BCUT2D eigenvalue weighted by Crippen LogP contribution is -2.33. The molecule has 0 fully saturated rings. The van der Waals surface area contributed by atoms with Crippen molar-refractivity contribution in [2.45, 2.75) is 32.4 Å². The zero-order chi connectivity index (χ0) is 18.9. The van der Waals surface area contributed by atoms with Crippen molar-refractivity contribution in [3.05, 3.63) is 70.2 Å². The van der Waals surface area contributed by atoms with Crippen LogP contribution >= 0.6 is 11.6 Å². The van der Waals surface area contributed by atoms with Gasteiger partial charge in [0.25, 0.3) is 0 Å². The van der Waals surface area contributed by atoms with Crippen LogP contribution in [0.1, 0.15) is 41.4 Å². The van der Waals surface area contributed by atoms with Gasteiger partial charge in [0, 0.05) is 24.2 Å². The van der Waals surface area contributed by atoms with Gasteiger partial charge < -0.3 is 14.8 Å². The molecule has 0 heterocycles. The molecule has 140 valence electrons. The molecule has 0 aromatic heterocycles. The summed E-state index contributed by atoms with van der Waals surface area (Å²) in [5.74, 6) is -0.316. The molecule has 2 atom stereocenters. The zero-order valence-corrected chi connectivity index (χ0v) is 16.3. The summed E-state index contributed by atoms with van der Waals surface area (Å²) < 4.78 is 10.6. The second-order valence-electron chi connectivity index (χ2n) is 6.20. The third kappa shape index (κ3) is 6.13. The first kappa shape index (κ1) is 20.4. The lowest BCUT2D eigenvalue weighted by atomic mass is 10.0. The molecule has 0 amide bonds. The van der Waals surface area contributed by atoms with E-state index in [1.807, 2.05) is 43.3 Å². The van der Waals surface area contributed by atoms with Crippen LogP contribution in [0.15, 0.2) is 48.5 Å². The van der Waals surface area contributed by atoms with Crippen molar-refractivity contribution < 1.29 is 14.3 Å². The second kappa shape index (κ2) is 10.3. The highest BCUT2D eigenvalue weighted by Crippen LogP contribution is 2.20. The van der Waals surface area contributed by atoms with Crippen molar-refractivity contribution in [1.82, 2.24) is 5.32 Å². The highest BCUT2D eigenvalue weighted by Gasteiger charge is 2.14. The molecular formula is C21H26ClNO3. The lowest BCUT2D eigenvalue weighted by molar-refractivity contribution is 0.0599. The molecule has 4 nitrogen and oxygen atoms in total. The SMILES string of the molecule is CCOC(CNC(C)Cc1ccc(C(=O)OC)cc1)c1cccc(Cl)c1. The van der Waals surface area contributed by atoms with Crippen LogP contribution in [0.3, 0.4) is 0 Å². The third-order valence-electron chi connectivity index (χ3n) is 4.16. The summed E-state index contributed by atoms with van der Waals surface area (Å²) in [6, 6.07) is 15.6. The van der Waals surface area contributed by atoms with Gasteiger partial charge in [-0.3, -0.25) is 0 Å². The smallest absolute Gasteiger partial charge is 0.337 e. The van der Waals surface area contributed by atoms with Crippen LogP contribution in [-0.4, -0.2) is 32.3 Å². The Morgan fingerprint density at radius 2 is 1.92 bits per heavy atom. The van der Waals surface area contributed by atoms with E-state index in [-0.39, 0.29) is 18.1 Å². The van der Waals surface area contributed by atoms with Crippen molar-refractivity contribution in [3.63, 3.8) is 0 Å². The van der Waals surface area contributed by atoms with Crippen LogP contribution in [0.25, 0.3) is 0 Å². The minimum atomic E-state index is -0.316. The van der Waals surface area contributed by atoms with Crippen LogP contribution in [0.2, 0.25) is 5.02 Å². The quantitative estimate of drug-likeness (QED) is 0.659. The van der Waals surface area contributed by atoms with E-state index in [0.29, 0.717) is 23.7 Å². The number of ether oxygens (including phenoxy) is 2. The predicted octanol–water partition coefficient (Wildman–Crippen LogP) is 4.43. The van der Waals surface area contributed by atoms with Crippen molar-refractivity contribution in [2.24, 2.45) is 0 Å². The molecular weight excluding hydrogens is 350 g/mol. The van der Waals surface area contributed by atoms with Crippen molar-refractivity contribution >= 4 is 17.6 Å². The zero-order valence-electron chi connectivity index (χ0n) is 15.5. The van der Waals surface area contributed by atoms with Gasteiger partial charge >= 0.3 is 5.97 Å². The van der Waals surface area contributed by atoms with E-state index in [4.69, 9.17) is 21.1 Å². The van der Waals surface area contributed by atoms with Gasteiger partial charge in [0.05, 0.1) is 18.8 Å². The average Bonchev–Trinajstić information content (AvgIpc) is 2.65. The summed E-state index contributed by atoms with van der Waals surface area (Å²) in [6.07, 6.45) is 0.818. The number of carbonyl (C=O) groups is 1. The molecule has 2 unspecified atom stereocenters. The first-order valence-electron chi connectivity index (χ1n) is 8.81. The molecule has 0 saturated carbocycles. The van der Waals surface area contributed by atoms with Crippen LogP contribution < -0.4 is 5.32 Å². The molecule has 0 aliphatic heterocycles.